The molecular formula is C9H23KOP. The van der Waals surface area contributed by atoms with E-state index in [2.05, 4.69) is 20.8 Å². The molecule has 0 atom stereocenters. The minimum atomic E-state index is 0. The fourth-order valence-corrected chi connectivity index (χ4v) is 4.31. The van der Waals surface area contributed by atoms with Crippen LogP contribution in [0.15, 0.2) is 0 Å². The summed E-state index contributed by atoms with van der Waals surface area (Å²) in [5.41, 5.74) is 0. The molecular weight excluding hydrogens is 194 g/mol. The van der Waals surface area contributed by atoms with Gasteiger partial charge in [0.05, 0.1) is 18.5 Å². The summed E-state index contributed by atoms with van der Waals surface area (Å²) in [6, 6.07) is 0. The predicted octanol–water partition coefficient (Wildman–Crippen LogP) is 2.87. The van der Waals surface area contributed by atoms with Crippen molar-refractivity contribution < 1.29 is 5.48 Å². The van der Waals surface area contributed by atoms with Crippen LogP contribution in [0.3, 0.4) is 0 Å². The van der Waals surface area contributed by atoms with Crippen molar-refractivity contribution in [3.63, 3.8) is 0 Å². The molecule has 0 spiro atoms. The van der Waals surface area contributed by atoms with Crippen LogP contribution in [0.5, 0.6) is 0 Å². The quantitative estimate of drug-likeness (QED) is 0.497. The SMILES string of the molecule is CCC[PH+](CCC)CCC.[K].[OH-]. The van der Waals surface area contributed by atoms with Gasteiger partial charge in [-0.15, -0.1) is 0 Å². The van der Waals surface area contributed by atoms with E-state index in [-0.39, 0.29) is 64.8 Å². The van der Waals surface area contributed by atoms with Crippen LogP contribution in [-0.2, 0) is 0 Å². The van der Waals surface area contributed by atoms with Gasteiger partial charge in [0.15, 0.2) is 0 Å². The fourth-order valence-electron chi connectivity index (χ4n) is 1.44. The van der Waals surface area contributed by atoms with Gasteiger partial charge in [0.1, 0.15) is 0 Å². The average Bonchev–Trinajstić information content (AvgIpc) is 1.90. The Labute approximate surface area is 122 Å². The summed E-state index contributed by atoms with van der Waals surface area (Å²) in [6.07, 6.45) is 8.88. The van der Waals surface area contributed by atoms with Gasteiger partial charge >= 0.3 is 0 Å². The maximum absolute atomic E-state index is 2.32. The Hall–Kier alpha value is 2.03. The zero-order valence-electron chi connectivity index (χ0n) is 9.19. The Bertz CT molecular complexity index is 57.3. The minimum Gasteiger partial charge on any atom is -0.870 e. The molecule has 0 aromatic rings. The molecule has 0 aliphatic heterocycles. The predicted molar refractivity (Wildman–Crippen MR) is 61.5 cm³/mol. The van der Waals surface area contributed by atoms with Crippen molar-refractivity contribution in [3.05, 3.63) is 0 Å². The fraction of sp³-hybridized carbons (Fsp3) is 1.00. The minimum absolute atomic E-state index is 0. The van der Waals surface area contributed by atoms with E-state index < -0.39 is 0 Å². The van der Waals surface area contributed by atoms with Crippen molar-refractivity contribution in [1.82, 2.24) is 0 Å². The smallest absolute Gasteiger partial charge is 0.0569 e. The zero-order chi connectivity index (χ0) is 7.82. The molecule has 0 fully saturated rings. The second-order valence-electron chi connectivity index (χ2n) is 3.00. The molecule has 12 heavy (non-hydrogen) atoms. The summed E-state index contributed by atoms with van der Waals surface area (Å²) in [4.78, 5) is 0. The van der Waals surface area contributed by atoms with Crippen molar-refractivity contribution >= 4 is 59.3 Å². The van der Waals surface area contributed by atoms with Gasteiger partial charge in [0.25, 0.3) is 0 Å². The average molecular weight is 217 g/mol. The normalized spacial score (nSPS) is 9.00. The third-order valence-electron chi connectivity index (χ3n) is 1.81. The van der Waals surface area contributed by atoms with Crippen LogP contribution in [0, 0.1) is 0 Å². The van der Waals surface area contributed by atoms with Gasteiger partial charge in [-0.2, -0.15) is 0 Å². The van der Waals surface area contributed by atoms with E-state index in [0.717, 1.165) is 0 Å². The van der Waals surface area contributed by atoms with Gasteiger partial charge in [-0.1, -0.05) is 20.8 Å². The molecule has 1 radical (unpaired) electrons. The van der Waals surface area contributed by atoms with E-state index in [9.17, 15) is 0 Å². The van der Waals surface area contributed by atoms with Crippen molar-refractivity contribution in [2.45, 2.75) is 40.0 Å². The second kappa shape index (κ2) is 15.5. The zero-order valence-corrected chi connectivity index (χ0v) is 13.3. The van der Waals surface area contributed by atoms with E-state index >= 15 is 0 Å². The Morgan fingerprint density at radius 1 is 0.750 bits per heavy atom. The maximum Gasteiger partial charge on any atom is 0.0569 e. The van der Waals surface area contributed by atoms with Crippen LogP contribution in [-0.4, -0.2) is 75.3 Å². The van der Waals surface area contributed by atoms with E-state index in [0.29, 0.717) is 0 Å². The molecule has 0 saturated heterocycles. The topological polar surface area (TPSA) is 30.0 Å². The van der Waals surface area contributed by atoms with Gasteiger partial charge in [0, 0.05) is 59.3 Å². The molecule has 0 amide bonds. The first-order valence-corrected chi connectivity index (χ1v) is 6.80. The van der Waals surface area contributed by atoms with Crippen LogP contribution in [0.2, 0.25) is 0 Å². The molecule has 1 N–H and O–H groups in total. The molecule has 3 heteroatoms. The Morgan fingerprint density at radius 2 is 1.00 bits per heavy atom. The van der Waals surface area contributed by atoms with Crippen LogP contribution in [0.25, 0.3) is 0 Å². The molecule has 1 nitrogen and oxygen atoms in total. The summed E-state index contributed by atoms with van der Waals surface area (Å²) >= 11 is 0. The Balaban J connectivity index is -0.000000405. The second-order valence-corrected chi connectivity index (χ2v) is 6.00. The van der Waals surface area contributed by atoms with Crippen LogP contribution < -0.4 is 0 Å². The third-order valence-corrected chi connectivity index (χ3v) is 5.43. The van der Waals surface area contributed by atoms with E-state index in [1.165, 1.54) is 19.3 Å². The van der Waals surface area contributed by atoms with Crippen LogP contribution in [0.4, 0.5) is 0 Å². The van der Waals surface area contributed by atoms with Crippen molar-refractivity contribution in [2.75, 3.05) is 18.5 Å². The summed E-state index contributed by atoms with van der Waals surface area (Å²) in [5.74, 6) is 0. The molecule has 0 saturated carbocycles. The van der Waals surface area contributed by atoms with E-state index in [1.807, 2.05) is 0 Å². The summed E-state index contributed by atoms with van der Waals surface area (Å²) in [7, 11) is 0.103. The maximum atomic E-state index is 2.32. The van der Waals surface area contributed by atoms with Crippen LogP contribution >= 0.6 is 7.92 Å². The number of hydrogen-bond donors (Lipinski definition) is 0. The van der Waals surface area contributed by atoms with Crippen molar-refractivity contribution in [2.24, 2.45) is 0 Å². The van der Waals surface area contributed by atoms with Crippen LogP contribution in [0.1, 0.15) is 40.0 Å². The van der Waals surface area contributed by atoms with Gasteiger partial charge in [0.2, 0.25) is 0 Å². The van der Waals surface area contributed by atoms with Gasteiger partial charge in [-0.25, -0.2) is 0 Å². The summed E-state index contributed by atoms with van der Waals surface area (Å²) in [5, 5.41) is 0. The number of hydrogen-bond acceptors (Lipinski definition) is 1. The Morgan fingerprint density at radius 3 is 1.17 bits per heavy atom. The molecule has 0 unspecified atom stereocenters. The summed E-state index contributed by atoms with van der Waals surface area (Å²) < 4.78 is 0. The molecule has 0 aromatic heterocycles. The van der Waals surface area contributed by atoms with E-state index in [1.54, 1.807) is 18.5 Å². The molecule has 0 bridgehead atoms. The monoisotopic (exact) mass is 217 g/mol. The van der Waals surface area contributed by atoms with Gasteiger partial charge in [-0.05, 0) is 19.3 Å². The summed E-state index contributed by atoms with van der Waals surface area (Å²) in [6.45, 7) is 6.95. The van der Waals surface area contributed by atoms with Crippen molar-refractivity contribution in [1.29, 1.82) is 0 Å². The van der Waals surface area contributed by atoms with Crippen molar-refractivity contribution in [3.8, 4) is 0 Å². The standard InChI is InChI=1S/C9H21P.K.H2O/c1-4-7-10(8-5-2)9-6-3;;/h4-9H2,1-3H3;;1H2. The molecule has 0 aliphatic rings. The Kier molecular flexibility index (Phi) is 25.3. The number of rotatable bonds is 6. The molecule has 0 heterocycles. The first-order chi connectivity index (χ1) is 4.85. The largest absolute Gasteiger partial charge is 0.870 e. The van der Waals surface area contributed by atoms with Gasteiger partial charge in [-0.3, -0.25) is 0 Å². The van der Waals surface area contributed by atoms with E-state index in [4.69, 9.17) is 0 Å². The first kappa shape index (κ1) is 19.6. The first-order valence-electron chi connectivity index (χ1n) is 4.68. The third kappa shape index (κ3) is 12.0. The molecule has 0 rings (SSSR count). The molecule has 0 aliphatic carbocycles. The van der Waals surface area contributed by atoms with Gasteiger partial charge < -0.3 is 5.48 Å². The molecule has 0 aromatic carbocycles. The molecule has 71 valence electrons.